The van der Waals surface area contributed by atoms with Gasteiger partial charge in [-0.2, -0.15) is 0 Å². The Balaban J connectivity index is 1.85. The second-order valence-electron chi connectivity index (χ2n) is 5.78. The number of aryl methyl sites for hydroxylation is 1. The summed E-state index contributed by atoms with van der Waals surface area (Å²) in [5.74, 6) is -0.492. The molecule has 2 aromatic rings. The molecule has 0 fully saturated rings. The van der Waals surface area contributed by atoms with E-state index in [4.69, 9.17) is 0 Å². The van der Waals surface area contributed by atoms with E-state index in [1.807, 2.05) is 25.1 Å². The number of benzene rings is 1. The smallest absolute Gasteiger partial charge is 0.307 e. The van der Waals surface area contributed by atoms with Crippen molar-refractivity contribution in [3.05, 3.63) is 53.7 Å². The maximum atomic E-state index is 12.2. The molecule has 8 heteroatoms. The number of pyridine rings is 1. The van der Waals surface area contributed by atoms with Crippen LogP contribution in [-0.2, 0) is 14.3 Å². The highest BCUT2D eigenvalue weighted by Crippen LogP contribution is 2.16. The molecule has 2 amide bonds. The summed E-state index contributed by atoms with van der Waals surface area (Å²) in [6.07, 6.45) is 1.78. The predicted molar refractivity (Wildman–Crippen MR) is 101 cm³/mol. The van der Waals surface area contributed by atoms with Crippen molar-refractivity contribution in [3.63, 3.8) is 0 Å². The van der Waals surface area contributed by atoms with Gasteiger partial charge in [-0.05, 0) is 42.8 Å². The molecule has 142 valence electrons. The van der Waals surface area contributed by atoms with Crippen LogP contribution in [0, 0.1) is 6.92 Å². The number of rotatable bonds is 8. The van der Waals surface area contributed by atoms with Gasteiger partial charge in [0.25, 0.3) is 5.91 Å². The first kappa shape index (κ1) is 19.9. The zero-order chi connectivity index (χ0) is 19.6. The molecule has 1 aromatic carbocycles. The maximum Gasteiger partial charge on any atom is 0.307 e. The van der Waals surface area contributed by atoms with Gasteiger partial charge in [0.15, 0.2) is 0 Å². The molecule has 3 N–H and O–H groups in total. The number of hydrogen-bond acceptors (Lipinski definition) is 6. The molecule has 0 bridgehead atoms. The number of carbonyl (C=O) groups excluding carboxylic acids is 3. The Hall–Kier alpha value is -3.42. The molecule has 0 atom stereocenters. The highest BCUT2D eigenvalue weighted by atomic mass is 16.5. The van der Waals surface area contributed by atoms with Gasteiger partial charge in [0.2, 0.25) is 5.91 Å². The van der Waals surface area contributed by atoms with Gasteiger partial charge >= 0.3 is 5.97 Å². The number of methoxy groups -OCH3 is 1. The van der Waals surface area contributed by atoms with E-state index >= 15 is 0 Å². The molecule has 1 heterocycles. The van der Waals surface area contributed by atoms with Crippen molar-refractivity contribution in [1.82, 2.24) is 15.6 Å². The lowest BCUT2D eigenvalue weighted by molar-refractivity contribution is -0.140. The Morgan fingerprint density at radius 2 is 1.93 bits per heavy atom. The molecule has 0 aliphatic carbocycles. The van der Waals surface area contributed by atoms with E-state index in [0.29, 0.717) is 17.1 Å². The quantitative estimate of drug-likeness (QED) is 0.608. The van der Waals surface area contributed by atoms with Crippen LogP contribution in [0.4, 0.5) is 11.5 Å². The molecule has 8 nitrogen and oxygen atoms in total. The standard InChI is InChI=1S/C19H22N4O4/c1-13-6-8-20-16(10-13)23-15-5-3-4-14(11-15)19(26)22-12-17(24)21-9-7-18(25)27-2/h3-6,8,10-11H,7,9,12H2,1-2H3,(H,20,23)(H,21,24)(H,22,26). The fourth-order valence-corrected chi connectivity index (χ4v) is 2.22. The Morgan fingerprint density at radius 3 is 2.67 bits per heavy atom. The highest BCUT2D eigenvalue weighted by Gasteiger charge is 2.09. The number of ether oxygens (including phenoxy) is 1. The molecule has 0 unspecified atom stereocenters. The van der Waals surface area contributed by atoms with Crippen LogP contribution in [0.5, 0.6) is 0 Å². The molecule has 0 saturated heterocycles. The van der Waals surface area contributed by atoms with Crippen molar-refractivity contribution in [2.45, 2.75) is 13.3 Å². The Bertz CT molecular complexity index is 823. The number of hydrogen-bond donors (Lipinski definition) is 3. The highest BCUT2D eigenvalue weighted by molar-refractivity contribution is 5.97. The second-order valence-corrected chi connectivity index (χ2v) is 5.78. The van der Waals surface area contributed by atoms with Crippen LogP contribution in [-0.4, -0.2) is 43.0 Å². The predicted octanol–water partition coefficient (Wildman–Crippen LogP) is 1.54. The normalized spacial score (nSPS) is 10.0. The minimum Gasteiger partial charge on any atom is -0.469 e. The van der Waals surface area contributed by atoms with Crippen LogP contribution < -0.4 is 16.0 Å². The van der Waals surface area contributed by atoms with Gasteiger partial charge in [-0.15, -0.1) is 0 Å². The van der Waals surface area contributed by atoms with Crippen molar-refractivity contribution in [3.8, 4) is 0 Å². The van der Waals surface area contributed by atoms with Crippen molar-refractivity contribution >= 4 is 29.3 Å². The van der Waals surface area contributed by atoms with Crippen LogP contribution in [0.2, 0.25) is 0 Å². The number of nitrogens with one attached hydrogen (secondary N) is 3. The number of esters is 1. The topological polar surface area (TPSA) is 109 Å². The number of anilines is 2. The van der Waals surface area contributed by atoms with Crippen LogP contribution in [0.15, 0.2) is 42.6 Å². The molecular formula is C19H22N4O4. The summed E-state index contributed by atoms with van der Waals surface area (Å²) < 4.78 is 4.48. The van der Waals surface area contributed by atoms with E-state index in [1.165, 1.54) is 7.11 Å². The van der Waals surface area contributed by atoms with Crippen molar-refractivity contribution in [1.29, 1.82) is 0 Å². The third-order valence-electron chi connectivity index (χ3n) is 3.60. The van der Waals surface area contributed by atoms with Crippen LogP contribution >= 0.6 is 0 Å². The summed E-state index contributed by atoms with van der Waals surface area (Å²) in [6.45, 7) is 1.94. The van der Waals surface area contributed by atoms with E-state index in [-0.39, 0.29) is 31.3 Å². The van der Waals surface area contributed by atoms with Crippen molar-refractivity contribution < 1.29 is 19.1 Å². The SMILES string of the molecule is COC(=O)CCNC(=O)CNC(=O)c1cccc(Nc2cc(C)ccn2)c1. The molecule has 0 aliphatic rings. The number of carbonyl (C=O) groups is 3. The summed E-state index contributed by atoms with van der Waals surface area (Å²) in [5.41, 5.74) is 2.19. The summed E-state index contributed by atoms with van der Waals surface area (Å²) in [4.78, 5) is 39.1. The minimum atomic E-state index is -0.410. The molecule has 0 aliphatic heterocycles. The zero-order valence-corrected chi connectivity index (χ0v) is 15.2. The monoisotopic (exact) mass is 370 g/mol. The lowest BCUT2D eigenvalue weighted by Gasteiger charge is -2.09. The van der Waals surface area contributed by atoms with E-state index in [9.17, 15) is 14.4 Å². The summed E-state index contributed by atoms with van der Waals surface area (Å²) in [5, 5.41) is 8.20. The first-order chi connectivity index (χ1) is 13.0. The third-order valence-corrected chi connectivity index (χ3v) is 3.60. The van der Waals surface area contributed by atoms with Gasteiger partial charge in [-0.25, -0.2) is 4.98 Å². The van der Waals surface area contributed by atoms with E-state index in [1.54, 1.807) is 24.4 Å². The van der Waals surface area contributed by atoms with E-state index in [2.05, 4.69) is 25.7 Å². The summed E-state index contributed by atoms with van der Waals surface area (Å²) in [7, 11) is 1.28. The summed E-state index contributed by atoms with van der Waals surface area (Å²) in [6, 6.07) is 10.7. The maximum absolute atomic E-state index is 12.2. The van der Waals surface area contributed by atoms with Crippen LogP contribution in [0.3, 0.4) is 0 Å². The lowest BCUT2D eigenvalue weighted by atomic mass is 10.2. The zero-order valence-electron chi connectivity index (χ0n) is 15.2. The molecule has 2 rings (SSSR count). The van der Waals surface area contributed by atoms with Gasteiger partial charge in [0.1, 0.15) is 5.82 Å². The average Bonchev–Trinajstić information content (AvgIpc) is 2.66. The largest absolute Gasteiger partial charge is 0.469 e. The molecule has 1 aromatic heterocycles. The van der Waals surface area contributed by atoms with Crippen LogP contribution in [0.1, 0.15) is 22.3 Å². The number of aromatic nitrogens is 1. The van der Waals surface area contributed by atoms with Gasteiger partial charge in [-0.1, -0.05) is 6.07 Å². The molecule has 0 spiro atoms. The van der Waals surface area contributed by atoms with Crippen LogP contribution in [0.25, 0.3) is 0 Å². The molecule has 27 heavy (non-hydrogen) atoms. The lowest BCUT2D eigenvalue weighted by Crippen LogP contribution is -2.37. The fourth-order valence-electron chi connectivity index (χ4n) is 2.22. The molecule has 0 radical (unpaired) electrons. The van der Waals surface area contributed by atoms with Gasteiger partial charge in [-0.3, -0.25) is 14.4 Å². The molecular weight excluding hydrogens is 348 g/mol. The third kappa shape index (κ3) is 6.77. The average molecular weight is 370 g/mol. The van der Waals surface area contributed by atoms with Gasteiger partial charge < -0.3 is 20.7 Å². The van der Waals surface area contributed by atoms with Gasteiger partial charge in [0, 0.05) is 24.0 Å². The second kappa shape index (κ2) is 9.91. The first-order valence-electron chi connectivity index (χ1n) is 8.39. The number of amides is 2. The van der Waals surface area contributed by atoms with E-state index in [0.717, 1.165) is 5.56 Å². The minimum absolute atomic E-state index is 0.0803. The van der Waals surface area contributed by atoms with Crippen molar-refractivity contribution in [2.24, 2.45) is 0 Å². The Kier molecular flexibility index (Phi) is 7.30. The Labute approximate surface area is 157 Å². The van der Waals surface area contributed by atoms with E-state index < -0.39 is 5.97 Å². The summed E-state index contributed by atoms with van der Waals surface area (Å²) >= 11 is 0. The fraction of sp³-hybridized carbons (Fsp3) is 0.263. The Morgan fingerprint density at radius 1 is 1.11 bits per heavy atom. The number of nitrogens with zero attached hydrogens (tertiary/aromatic N) is 1. The molecule has 0 saturated carbocycles. The van der Waals surface area contributed by atoms with Gasteiger partial charge in [0.05, 0.1) is 20.1 Å². The first-order valence-corrected chi connectivity index (χ1v) is 8.39. The van der Waals surface area contributed by atoms with Crippen molar-refractivity contribution in [2.75, 3.05) is 25.5 Å².